The number of hydrogen-bond donors (Lipinski definition) is 4. The molecule has 4 N–H and O–H groups in total. The number of carbonyl (C=O) groups is 2. The SMILES string of the molecule is CCN1CCC[C@H]1CNC(=O)c1cccc(-c2cccc(CC3C[C@@H](CO)[C@@H]([C@H](C)O)[C@H]3C(=O)N[C@H]3C[C@@H]4C[C@H]([C@@H]3C)C4(C)C)c2OC)c1. The van der Waals surface area contributed by atoms with E-state index in [0.717, 1.165) is 48.4 Å². The Morgan fingerprint density at radius 2 is 1.88 bits per heavy atom. The third-order valence-electron chi connectivity index (χ3n) is 13.5. The number of aliphatic hydroxyl groups excluding tert-OH is 2. The summed E-state index contributed by atoms with van der Waals surface area (Å²) in [6.07, 6.45) is 5.06. The number of para-hydroxylation sites is 1. The predicted molar refractivity (Wildman–Crippen MR) is 193 cm³/mol. The van der Waals surface area contributed by atoms with Crippen LogP contribution in [0.5, 0.6) is 5.75 Å². The summed E-state index contributed by atoms with van der Waals surface area (Å²) in [4.78, 5) is 29.9. The maximum Gasteiger partial charge on any atom is 0.251 e. The van der Waals surface area contributed by atoms with E-state index in [-0.39, 0.29) is 42.2 Å². The molecular weight excluding hydrogens is 614 g/mol. The number of ether oxygens (including phenoxy) is 1. The van der Waals surface area contributed by atoms with Gasteiger partial charge >= 0.3 is 0 Å². The molecule has 5 aliphatic rings. The zero-order valence-electron chi connectivity index (χ0n) is 30.5. The molecule has 49 heavy (non-hydrogen) atoms. The number of amides is 2. The van der Waals surface area contributed by atoms with Gasteiger partial charge in [-0.1, -0.05) is 58.0 Å². The first-order valence-corrected chi connectivity index (χ1v) is 18.9. The average molecular weight is 674 g/mol. The van der Waals surface area contributed by atoms with Crippen LogP contribution in [0, 0.1) is 46.8 Å². The van der Waals surface area contributed by atoms with E-state index in [0.29, 0.717) is 54.2 Å². The van der Waals surface area contributed by atoms with E-state index >= 15 is 0 Å². The van der Waals surface area contributed by atoms with Crippen molar-refractivity contribution < 1.29 is 24.5 Å². The van der Waals surface area contributed by atoms with Gasteiger partial charge in [-0.05, 0) is 117 Å². The Balaban J connectivity index is 1.21. The van der Waals surface area contributed by atoms with Crippen molar-refractivity contribution in [2.75, 3.05) is 33.4 Å². The quantitative estimate of drug-likeness (QED) is 0.235. The highest BCUT2D eigenvalue weighted by molar-refractivity contribution is 5.95. The molecule has 2 aromatic rings. The zero-order chi connectivity index (χ0) is 35.0. The smallest absolute Gasteiger partial charge is 0.251 e. The molecule has 1 unspecified atom stereocenters. The number of rotatable bonds is 12. The molecule has 7 rings (SSSR count). The Labute approximate surface area is 293 Å². The molecule has 1 heterocycles. The molecule has 2 aromatic carbocycles. The Hall–Kier alpha value is -2.94. The van der Waals surface area contributed by atoms with Crippen LogP contribution >= 0.6 is 0 Å². The van der Waals surface area contributed by atoms with E-state index in [1.165, 1.54) is 12.8 Å². The number of hydrogen-bond acceptors (Lipinski definition) is 6. The summed E-state index contributed by atoms with van der Waals surface area (Å²) in [6, 6.07) is 14.3. The Morgan fingerprint density at radius 3 is 2.55 bits per heavy atom. The normalized spacial score (nSPS) is 32.7. The number of carbonyl (C=O) groups excluding carboxylic acids is 2. The lowest BCUT2D eigenvalue weighted by Crippen LogP contribution is -2.61. The van der Waals surface area contributed by atoms with Gasteiger partial charge in [0.25, 0.3) is 5.91 Å². The predicted octanol–water partition coefficient (Wildman–Crippen LogP) is 5.55. The van der Waals surface area contributed by atoms with Gasteiger partial charge in [0, 0.05) is 48.2 Å². The van der Waals surface area contributed by atoms with Crippen LogP contribution in [0.25, 0.3) is 11.1 Å². The van der Waals surface area contributed by atoms with Crippen LogP contribution in [0.1, 0.15) is 82.6 Å². The van der Waals surface area contributed by atoms with Crippen molar-refractivity contribution in [3.8, 4) is 16.9 Å². The number of fused-ring (bicyclic) bond motifs is 2. The second kappa shape index (κ2) is 14.7. The summed E-state index contributed by atoms with van der Waals surface area (Å²) in [5, 5.41) is 28.0. The summed E-state index contributed by atoms with van der Waals surface area (Å²) >= 11 is 0. The van der Waals surface area contributed by atoms with Crippen LogP contribution in [-0.2, 0) is 11.2 Å². The van der Waals surface area contributed by atoms with Crippen LogP contribution in [0.4, 0.5) is 0 Å². The van der Waals surface area contributed by atoms with Crippen molar-refractivity contribution in [2.45, 2.75) is 91.3 Å². The van der Waals surface area contributed by atoms with Gasteiger partial charge in [0.15, 0.2) is 0 Å². The standard InChI is InChI=1S/C41H59N3O5/c1-7-44-16-10-14-32(44)22-42-39(47)28-13-8-11-26(17-28)33-15-9-12-27(38(33)49-6)18-29-19-30(23-45)36(25(3)46)37(29)40(48)43-35-21-31-20-34(24(35)2)41(31,4)5/h8-9,11-13,15,17,24-25,29-32,34-37,45-46H,7,10,14,16,18-23H2,1-6H3,(H,42,47)(H,43,48)/t24-,25-,29?,30-,31-,32-,34+,35-,36+,37-/m0/s1. The third kappa shape index (κ3) is 6.90. The number of methoxy groups -OCH3 is 1. The lowest BCUT2D eigenvalue weighted by atomic mass is 9.44. The van der Waals surface area contributed by atoms with Crippen molar-refractivity contribution in [1.82, 2.24) is 15.5 Å². The van der Waals surface area contributed by atoms with Crippen LogP contribution in [0.2, 0.25) is 0 Å². The fraction of sp³-hybridized carbons (Fsp3) is 0.659. The minimum absolute atomic E-state index is 0.0105. The van der Waals surface area contributed by atoms with Crippen molar-refractivity contribution in [1.29, 1.82) is 0 Å². The molecule has 8 heteroatoms. The largest absolute Gasteiger partial charge is 0.496 e. The molecule has 0 radical (unpaired) electrons. The maximum absolute atomic E-state index is 14.3. The first-order valence-electron chi connectivity index (χ1n) is 18.9. The fourth-order valence-corrected chi connectivity index (χ4v) is 10.6. The van der Waals surface area contributed by atoms with Crippen LogP contribution in [-0.4, -0.2) is 78.5 Å². The molecule has 1 saturated heterocycles. The lowest BCUT2D eigenvalue weighted by molar-refractivity contribution is -0.140. The topological polar surface area (TPSA) is 111 Å². The number of likely N-dealkylation sites (N-methyl/N-ethyl adjacent to an activating group) is 1. The highest BCUT2D eigenvalue weighted by atomic mass is 16.5. The summed E-state index contributed by atoms with van der Waals surface area (Å²) in [5.41, 5.74) is 3.71. The molecule has 8 nitrogen and oxygen atoms in total. The van der Waals surface area contributed by atoms with Crippen LogP contribution in [0.3, 0.4) is 0 Å². The van der Waals surface area contributed by atoms with E-state index in [4.69, 9.17) is 4.74 Å². The third-order valence-corrected chi connectivity index (χ3v) is 13.5. The summed E-state index contributed by atoms with van der Waals surface area (Å²) in [7, 11) is 1.67. The Morgan fingerprint density at radius 1 is 1.10 bits per heavy atom. The van der Waals surface area contributed by atoms with Crippen molar-refractivity contribution in [3.63, 3.8) is 0 Å². The second-order valence-electron chi connectivity index (χ2n) is 16.3. The molecule has 1 aliphatic heterocycles. The highest BCUT2D eigenvalue weighted by Crippen LogP contribution is 2.61. The first-order chi connectivity index (χ1) is 23.5. The van der Waals surface area contributed by atoms with E-state index < -0.39 is 12.0 Å². The maximum atomic E-state index is 14.3. The Bertz CT molecular complexity index is 1490. The van der Waals surface area contributed by atoms with Crippen LogP contribution in [0.15, 0.2) is 42.5 Å². The molecular formula is C41H59N3O5. The molecule has 268 valence electrons. The molecule has 4 aliphatic carbocycles. The van der Waals surface area contributed by atoms with Gasteiger partial charge in [-0.3, -0.25) is 14.5 Å². The number of aliphatic hydroxyl groups is 2. The van der Waals surface area contributed by atoms with E-state index in [1.807, 2.05) is 36.4 Å². The van der Waals surface area contributed by atoms with Crippen molar-refractivity contribution in [2.24, 2.45) is 46.8 Å². The van der Waals surface area contributed by atoms with Gasteiger partial charge < -0.3 is 25.6 Å². The van der Waals surface area contributed by atoms with Gasteiger partial charge in [0.05, 0.1) is 13.2 Å². The van der Waals surface area contributed by atoms with Gasteiger partial charge in [0.2, 0.25) is 5.91 Å². The minimum Gasteiger partial charge on any atom is -0.496 e. The lowest BCUT2D eigenvalue weighted by Gasteiger charge is -2.62. The summed E-state index contributed by atoms with van der Waals surface area (Å²) < 4.78 is 6.07. The number of nitrogens with one attached hydrogen (secondary N) is 2. The zero-order valence-corrected chi connectivity index (χ0v) is 30.5. The van der Waals surface area contributed by atoms with Crippen molar-refractivity contribution >= 4 is 11.8 Å². The van der Waals surface area contributed by atoms with Crippen LogP contribution < -0.4 is 15.4 Å². The first kappa shape index (κ1) is 35.9. The van der Waals surface area contributed by atoms with Gasteiger partial charge in [-0.2, -0.15) is 0 Å². The fourth-order valence-electron chi connectivity index (χ4n) is 10.6. The number of benzene rings is 2. The van der Waals surface area contributed by atoms with E-state index in [9.17, 15) is 19.8 Å². The molecule has 2 amide bonds. The molecule has 10 atom stereocenters. The average Bonchev–Trinajstić information content (AvgIpc) is 3.71. The van der Waals surface area contributed by atoms with Gasteiger partial charge in [-0.15, -0.1) is 0 Å². The molecule has 2 bridgehead atoms. The molecule has 4 saturated carbocycles. The minimum atomic E-state index is -0.713. The number of nitrogens with zero attached hydrogens (tertiary/aromatic N) is 1. The molecule has 0 aromatic heterocycles. The molecule has 5 fully saturated rings. The summed E-state index contributed by atoms with van der Waals surface area (Å²) in [5.74, 6) is 1.35. The Kier molecular flexibility index (Phi) is 10.8. The summed E-state index contributed by atoms with van der Waals surface area (Å²) in [6.45, 7) is 13.6. The highest BCUT2D eigenvalue weighted by Gasteiger charge is 2.57. The second-order valence-corrected chi connectivity index (χ2v) is 16.3. The van der Waals surface area contributed by atoms with Crippen molar-refractivity contribution in [3.05, 3.63) is 53.6 Å². The van der Waals surface area contributed by atoms with E-state index in [2.05, 4.69) is 49.3 Å². The number of likely N-dealkylation sites (tertiary alicyclic amines) is 1. The van der Waals surface area contributed by atoms with Gasteiger partial charge in [0.1, 0.15) is 5.75 Å². The van der Waals surface area contributed by atoms with E-state index in [1.54, 1.807) is 14.0 Å². The molecule has 0 spiro atoms. The van der Waals surface area contributed by atoms with Gasteiger partial charge in [-0.25, -0.2) is 0 Å². The monoisotopic (exact) mass is 673 g/mol.